The number of imidazole rings is 1. The highest BCUT2D eigenvalue weighted by atomic mass is 16.5. The van der Waals surface area contributed by atoms with Gasteiger partial charge in [-0.15, -0.1) is 0 Å². The van der Waals surface area contributed by atoms with Crippen LogP contribution in [0.3, 0.4) is 0 Å². The highest BCUT2D eigenvalue weighted by molar-refractivity contribution is 5.87. The summed E-state index contributed by atoms with van der Waals surface area (Å²) in [5.41, 5.74) is 6.53. The van der Waals surface area contributed by atoms with Crippen LogP contribution >= 0.6 is 0 Å². The van der Waals surface area contributed by atoms with Crippen molar-refractivity contribution in [2.45, 2.75) is 27.7 Å². The van der Waals surface area contributed by atoms with Crippen molar-refractivity contribution < 1.29 is 9.53 Å². The van der Waals surface area contributed by atoms with E-state index in [9.17, 15) is 4.79 Å². The average Bonchev–Trinajstić information content (AvgIpc) is 3.01. The molecule has 0 aliphatic carbocycles. The van der Waals surface area contributed by atoms with Crippen molar-refractivity contribution in [3.05, 3.63) is 65.4 Å². The van der Waals surface area contributed by atoms with Crippen LogP contribution in [0.5, 0.6) is 11.5 Å². The van der Waals surface area contributed by atoms with Crippen LogP contribution in [-0.2, 0) is 11.8 Å². The van der Waals surface area contributed by atoms with Crippen LogP contribution in [0, 0.1) is 20.8 Å². The molecule has 2 N–H and O–H groups in total. The number of carbonyl (C=O) groups excluding carboxylic acids is 1. The molecular formula is C24H25N5O2. The van der Waals surface area contributed by atoms with E-state index in [2.05, 4.69) is 48.5 Å². The smallest absolute Gasteiger partial charge is 0.222 e. The molecule has 4 aromatic rings. The maximum atomic E-state index is 11.2. The minimum atomic E-state index is -0.182. The highest BCUT2D eigenvalue weighted by Crippen LogP contribution is 2.30. The number of aryl methyl sites for hydroxylation is 4. The third kappa shape index (κ3) is 4.35. The van der Waals surface area contributed by atoms with Crippen LogP contribution in [0.25, 0.3) is 11.0 Å². The zero-order chi connectivity index (χ0) is 22.1. The average molecular weight is 415 g/mol. The Hall–Kier alpha value is -3.87. The molecule has 7 heteroatoms. The molecule has 1 amide bonds. The third-order valence-electron chi connectivity index (χ3n) is 5.21. The summed E-state index contributed by atoms with van der Waals surface area (Å²) in [6.07, 6.45) is 1.59. The van der Waals surface area contributed by atoms with Crippen molar-refractivity contribution in [2.24, 2.45) is 7.05 Å². The number of aromatic nitrogens is 3. The molecular weight excluding hydrogens is 390 g/mol. The van der Waals surface area contributed by atoms with E-state index < -0.39 is 0 Å². The van der Waals surface area contributed by atoms with Gasteiger partial charge >= 0.3 is 0 Å². The lowest BCUT2D eigenvalue weighted by molar-refractivity contribution is -0.114. The molecule has 0 fully saturated rings. The fourth-order valence-corrected chi connectivity index (χ4v) is 3.43. The zero-order valence-corrected chi connectivity index (χ0v) is 18.3. The summed E-state index contributed by atoms with van der Waals surface area (Å²) in [7, 11) is 1.98. The number of hydrogen-bond acceptors (Lipinski definition) is 5. The molecule has 0 saturated carbocycles. The SMILES string of the molecule is CC(=O)Nc1cc(Oc2ccc3c(c2)nc(Nc2cc(C)c(C)cc2C)n3C)ccn1. The maximum absolute atomic E-state index is 11.2. The second-order valence-corrected chi connectivity index (χ2v) is 7.68. The summed E-state index contributed by atoms with van der Waals surface area (Å²) in [6.45, 7) is 7.75. The first-order valence-corrected chi connectivity index (χ1v) is 10.0. The topological polar surface area (TPSA) is 81.1 Å². The highest BCUT2D eigenvalue weighted by Gasteiger charge is 2.11. The zero-order valence-electron chi connectivity index (χ0n) is 18.3. The standard InChI is InChI=1S/C24H25N5O2/c1-14-10-16(3)20(11-15(14)2)27-24-28-21-12-18(6-7-22(21)29(24)5)31-19-8-9-25-23(13-19)26-17(4)30/h6-13H,1-5H3,(H,27,28)(H,25,26,30). The molecule has 0 unspecified atom stereocenters. The van der Waals surface area contributed by atoms with E-state index in [1.807, 2.05) is 29.8 Å². The van der Waals surface area contributed by atoms with E-state index in [1.165, 1.54) is 23.6 Å². The van der Waals surface area contributed by atoms with Gasteiger partial charge in [0.2, 0.25) is 11.9 Å². The van der Waals surface area contributed by atoms with Gasteiger partial charge in [0.15, 0.2) is 0 Å². The normalized spacial score (nSPS) is 10.9. The molecule has 2 aromatic carbocycles. The van der Waals surface area contributed by atoms with Gasteiger partial charge in [-0.3, -0.25) is 4.79 Å². The van der Waals surface area contributed by atoms with Crippen molar-refractivity contribution in [1.29, 1.82) is 0 Å². The second-order valence-electron chi connectivity index (χ2n) is 7.68. The fourth-order valence-electron chi connectivity index (χ4n) is 3.43. The number of rotatable bonds is 5. The first kappa shape index (κ1) is 20.4. The number of amides is 1. The predicted molar refractivity (Wildman–Crippen MR) is 123 cm³/mol. The van der Waals surface area contributed by atoms with Gasteiger partial charge in [-0.2, -0.15) is 0 Å². The van der Waals surface area contributed by atoms with E-state index in [1.54, 1.807) is 18.3 Å². The predicted octanol–water partition coefficient (Wildman–Crippen LogP) is 5.39. The van der Waals surface area contributed by atoms with Crippen LogP contribution in [0.1, 0.15) is 23.6 Å². The van der Waals surface area contributed by atoms with Crippen molar-refractivity contribution in [3.8, 4) is 11.5 Å². The number of fused-ring (bicyclic) bond motifs is 1. The minimum Gasteiger partial charge on any atom is -0.457 e. The van der Waals surface area contributed by atoms with Gasteiger partial charge in [0.05, 0.1) is 11.0 Å². The summed E-state index contributed by atoms with van der Waals surface area (Å²) in [5, 5.41) is 6.11. The summed E-state index contributed by atoms with van der Waals surface area (Å²) in [4.78, 5) is 20.1. The molecule has 2 aromatic heterocycles. The lowest BCUT2D eigenvalue weighted by Crippen LogP contribution is -2.07. The Morgan fingerprint density at radius 3 is 2.48 bits per heavy atom. The van der Waals surface area contributed by atoms with E-state index in [0.717, 1.165) is 22.7 Å². The van der Waals surface area contributed by atoms with Gasteiger partial charge in [-0.1, -0.05) is 6.07 Å². The van der Waals surface area contributed by atoms with E-state index in [0.29, 0.717) is 17.3 Å². The number of nitrogens with zero attached hydrogens (tertiary/aromatic N) is 3. The largest absolute Gasteiger partial charge is 0.457 e. The Kier molecular flexibility index (Phi) is 5.33. The Balaban J connectivity index is 1.61. The van der Waals surface area contributed by atoms with E-state index in [-0.39, 0.29) is 5.91 Å². The molecule has 4 rings (SSSR count). The second kappa shape index (κ2) is 8.10. The van der Waals surface area contributed by atoms with Crippen LogP contribution in [0.15, 0.2) is 48.7 Å². The van der Waals surface area contributed by atoms with Gasteiger partial charge in [-0.05, 0) is 61.7 Å². The summed E-state index contributed by atoms with van der Waals surface area (Å²) >= 11 is 0. The quantitative estimate of drug-likeness (QED) is 0.457. The lowest BCUT2D eigenvalue weighted by Gasteiger charge is -2.12. The number of nitrogens with one attached hydrogen (secondary N) is 2. The molecule has 7 nitrogen and oxygen atoms in total. The van der Waals surface area contributed by atoms with Crippen LogP contribution in [0.2, 0.25) is 0 Å². The Morgan fingerprint density at radius 1 is 0.968 bits per heavy atom. The molecule has 0 bridgehead atoms. The number of carbonyl (C=O) groups is 1. The molecule has 0 aliphatic rings. The molecule has 0 atom stereocenters. The fraction of sp³-hybridized carbons (Fsp3) is 0.208. The molecule has 0 saturated heterocycles. The summed E-state index contributed by atoms with van der Waals surface area (Å²) < 4.78 is 7.99. The van der Waals surface area contributed by atoms with E-state index >= 15 is 0 Å². The number of hydrogen-bond donors (Lipinski definition) is 2. The van der Waals surface area contributed by atoms with Gasteiger partial charge in [0, 0.05) is 38.0 Å². The van der Waals surface area contributed by atoms with Gasteiger partial charge in [0.1, 0.15) is 17.3 Å². The lowest BCUT2D eigenvalue weighted by atomic mass is 10.1. The summed E-state index contributed by atoms with van der Waals surface area (Å²) in [5.74, 6) is 2.26. The van der Waals surface area contributed by atoms with Gasteiger partial charge in [0.25, 0.3) is 0 Å². The first-order valence-electron chi connectivity index (χ1n) is 10.0. The Labute approximate surface area is 181 Å². The number of ether oxygens (including phenoxy) is 1. The van der Waals surface area contributed by atoms with Gasteiger partial charge < -0.3 is 19.9 Å². The van der Waals surface area contributed by atoms with Crippen molar-refractivity contribution in [1.82, 2.24) is 14.5 Å². The minimum absolute atomic E-state index is 0.182. The molecule has 158 valence electrons. The van der Waals surface area contributed by atoms with Crippen molar-refractivity contribution in [3.63, 3.8) is 0 Å². The molecule has 0 spiro atoms. The monoisotopic (exact) mass is 415 g/mol. The van der Waals surface area contributed by atoms with E-state index in [4.69, 9.17) is 9.72 Å². The summed E-state index contributed by atoms with van der Waals surface area (Å²) in [6, 6.07) is 13.5. The van der Waals surface area contributed by atoms with Crippen LogP contribution in [0.4, 0.5) is 17.5 Å². The number of benzene rings is 2. The third-order valence-corrected chi connectivity index (χ3v) is 5.21. The van der Waals surface area contributed by atoms with Crippen molar-refractivity contribution in [2.75, 3.05) is 10.6 Å². The first-order chi connectivity index (χ1) is 14.8. The Bertz CT molecular complexity index is 1290. The Morgan fingerprint density at radius 2 is 1.71 bits per heavy atom. The van der Waals surface area contributed by atoms with Crippen molar-refractivity contribution >= 4 is 34.4 Å². The molecule has 0 radical (unpaired) electrons. The molecule has 0 aliphatic heterocycles. The number of pyridine rings is 1. The van der Waals surface area contributed by atoms with Crippen LogP contribution < -0.4 is 15.4 Å². The maximum Gasteiger partial charge on any atom is 0.222 e. The van der Waals surface area contributed by atoms with Crippen LogP contribution in [-0.4, -0.2) is 20.4 Å². The molecule has 2 heterocycles. The number of anilines is 3. The molecule has 31 heavy (non-hydrogen) atoms. The van der Waals surface area contributed by atoms with Gasteiger partial charge in [-0.25, -0.2) is 9.97 Å².